The van der Waals surface area contributed by atoms with Crippen molar-refractivity contribution < 1.29 is 13.9 Å². The molecule has 1 saturated heterocycles. The molecular weight excluding hydrogens is 297 g/mol. The van der Waals surface area contributed by atoms with E-state index in [0.29, 0.717) is 13.1 Å². The fourth-order valence-electron chi connectivity index (χ4n) is 2.25. The van der Waals surface area contributed by atoms with Gasteiger partial charge in [-0.25, -0.2) is 8.78 Å². The van der Waals surface area contributed by atoms with Crippen molar-refractivity contribution in [2.75, 3.05) is 32.8 Å². The number of nitrogens with zero attached hydrogens (tertiary/aromatic N) is 1. The zero-order valence-electron chi connectivity index (χ0n) is 10.2. The fraction of sp³-hybridized carbons (Fsp3) is 0.500. The van der Waals surface area contributed by atoms with Crippen LogP contribution in [0.1, 0.15) is 11.6 Å². The maximum absolute atomic E-state index is 13.8. The highest BCUT2D eigenvalue weighted by molar-refractivity contribution is 6.30. The molecule has 2 rings (SSSR count). The number of benzene rings is 1. The number of nitrogens with one attached hydrogen (secondary N) is 1. The van der Waals surface area contributed by atoms with E-state index in [1.54, 1.807) is 0 Å². The standard InChI is InChI=1S/C12H15ClF2N2O.ClH/c13-8-5-9(14)12(10(15)6-8)11(7-18)17-3-1-16-2-4-17;/h5-6,11,16,18H,1-4,7H2;1H/t11-;/m1./s1. The molecule has 0 saturated carbocycles. The van der Waals surface area contributed by atoms with E-state index in [-0.39, 0.29) is 29.6 Å². The molecule has 0 unspecified atom stereocenters. The van der Waals surface area contributed by atoms with E-state index in [2.05, 4.69) is 5.32 Å². The summed E-state index contributed by atoms with van der Waals surface area (Å²) in [5.74, 6) is -1.42. The highest BCUT2D eigenvalue weighted by Gasteiger charge is 2.27. The molecule has 1 aliphatic heterocycles. The Morgan fingerprint density at radius 2 is 1.79 bits per heavy atom. The molecule has 1 aromatic carbocycles. The predicted octanol–water partition coefficient (Wildman–Crippen LogP) is 1.98. The van der Waals surface area contributed by atoms with Gasteiger partial charge in [-0.3, -0.25) is 4.90 Å². The van der Waals surface area contributed by atoms with Crippen molar-refractivity contribution in [2.24, 2.45) is 0 Å². The van der Waals surface area contributed by atoms with Crippen molar-refractivity contribution in [3.8, 4) is 0 Å². The molecule has 0 aliphatic carbocycles. The van der Waals surface area contributed by atoms with Crippen molar-refractivity contribution in [1.29, 1.82) is 0 Å². The van der Waals surface area contributed by atoms with Gasteiger partial charge < -0.3 is 10.4 Å². The Morgan fingerprint density at radius 1 is 1.26 bits per heavy atom. The highest BCUT2D eigenvalue weighted by Crippen LogP contribution is 2.28. The molecule has 19 heavy (non-hydrogen) atoms. The molecule has 1 aliphatic rings. The summed E-state index contributed by atoms with van der Waals surface area (Å²) in [5.41, 5.74) is -0.108. The van der Waals surface area contributed by atoms with E-state index in [0.717, 1.165) is 25.2 Å². The predicted molar refractivity (Wildman–Crippen MR) is 72.9 cm³/mol. The van der Waals surface area contributed by atoms with Crippen LogP contribution in [0.2, 0.25) is 5.02 Å². The van der Waals surface area contributed by atoms with E-state index in [9.17, 15) is 13.9 Å². The summed E-state index contributed by atoms with van der Waals surface area (Å²) < 4.78 is 27.7. The second-order valence-corrected chi connectivity index (χ2v) is 4.70. The minimum atomic E-state index is -0.711. The smallest absolute Gasteiger partial charge is 0.132 e. The second-order valence-electron chi connectivity index (χ2n) is 4.27. The van der Waals surface area contributed by atoms with Crippen LogP contribution in [0.15, 0.2) is 12.1 Å². The van der Waals surface area contributed by atoms with Crippen LogP contribution >= 0.6 is 24.0 Å². The van der Waals surface area contributed by atoms with Crippen LogP contribution in [0.25, 0.3) is 0 Å². The summed E-state index contributed by atoms with van der Waals surface area (Å²) in [6, 6.07) is 1.49. The summed E-state index contributed by atoms with van der Waals surface area (Å²) in [6.07, 6.45) is 0. The number of halogens is 4. The summed E-state index contributed by atoms with van der Waals surface area (Å²) in [5, 5.41) is 12.6. The van der Waals surface area contributed by atoms with Gasteiger partial charge in [0.15, 0.2) is 0 Å². The zero-order valence-corrected chi connectivity index (χ0v) is 11.8. The summed E-state index contributed by atoms with van der Waals surface area (Å²) in [7, 11) is 0. The minimum absolute atomic E-state index is 0. The van der Waals surface area contributed by atoms with Crippen molar-refractivity contribution in [3.05, 3.63) is 34.4 Å². The Morgan fingerprint density at radius 3 is 2.26 bits per heavy atom. The monoisotopic (exact) mass is 312 g/mol. The van der Waals surface area contributed by atoms with Gasteiger partial charge in [0.25, 0.3) is 0 Å². The first-order chi connectivity index (χ1) is 8.63. The second kappa shape index (κ2) is 7.36. The van der Waals surface area contributed by atoms with Crippen molar-refractivity contribution in [1.82, 2.24) is 10.2 Å². The van der Waals surface area contributed by atoms with Gasteiger partial charge in [0.2, 0.25) is 0 Å². The van der Waals surface area contributed by atoms with Gasteiger partial charge in [-0.1, -0.05) is 11.6 Å². The Bertz CT molecular complexity index is 405. The molecule has 0 bridgehead atoms. The average molecular weight is 313 g/mol. The largest absolute Gasteiger partial charge is 0.394 e. The van der Waals surface area contributed by atoms with Crippen LogP contribution in [-0.4, -0.2) is 42.8 Å². The number of piperazine rings is 1. The van der Waals surface area contributed by atoms with Gasteiger partial charge in [-0.2, -0.15) is 0 Å². The first-order valence-corrected chi connectivity index (χ1v) is 6.21. The SMILES string of the molecule is Cl.OC[C@H](c1c(F)cc(Cl)cc1F)N1CCNCC1. The maximum atomic E-state index is 13.8. The quantitative estimate of drug-likeness (QED) is 0.896. The number of hydrogen-bond donors (Lipinski definition) is 2. The number of aliphatic hydroxyl groups is 1. The molecule has 7 heteroatoms. The van der Waals surface area contributed by atoms with Crippen LogP contribution < -0.4 is 5.32 Å². The van der Waals surface area contributed by atoms with Crippen LogP contribution in [0, 0.1) is 11.6 Å². The van der Waals surface area contributed by atoms with Crippen molar-refractivity contribution in [2.45, 2.75) is 6.04 Å². The summed E-state index contributed by atoms with van der Waals surface area (Å²) in [6.45, 7) is 2.45. The zero-order chi connectivity index (χ0) is 13.1. The third-order valence-electron chi connectivity index (χ3n) is 3.14. The molecule has 3 nitrogen and oxygen atoms in total. The van der Waals surface area contributed by atoms with Crippen LogP contribution in [-0.2, 0) is 0 Å². The Balaban J connectivity index is 0.00000180. The van der Waals surface area contributed by atoms with E-state index in [1.807, 2.05) is 4.90 Å². The first-order valence-electron chi connectivity index (χ1n) is 5.83. The Kier molecular flexibility index (Phi) is 6.42. The van der Waals surface area contributed by atoms with Gasteiger partial charge in [0.1, 0.15) is 11.6 Å². The lowest BCUT2D eigenvalue weighted by molar-refractivity contribution is 0.105. The first kappa shape index (κ1) is 16.6. The lowest BCUT2D eigenvalue weighted by Gasteiger charge is -2.34. The maximum Gasteiger partial charge on any atom is 0.132 e. The number of rotatable bonds is 3. The molecule has 0 aromatic heterocycles. The molecule has 0 spiro atoms. The third-order valence-corrected chi connectivity index (χ3v) is 3.36. The molecule has 0 amide bonds. The van der Waals surface area contributed by atoms with Crippen molar-refractivity contribution >= 4 is 24.0 Å². The van der Waals surface area contributed by atoms with Gasteiger partial charge in [0, 0.05) is 36.8 Å². The molecule has 2 N–H and O–H groups in total. The molecule has 1 atom stereocenters. The lowest BCUT2D eigenvalue weighted by atomic mass is 10.0. The molecule has 1 fully saturated rings. The fourth-order valence-corrected chi connectivity index (χ4v) is 2.45. The summed E-state index contributed by atoms with van der Waals surface area (Å²) in [4.78, 5) is 1.87. The Labute approximate surface area is 122 Å². The van der Waals surface area contributed by atoms with Crippen molar-refractivity contribution in [3.63, 3.8) is 0 Å². The van der Waals surface area contributed by atoms with Crippen LogP contribution in [0.4, 0.5) is 8.78 Å². The summed E-state index contributed by atoms with van der Waals surface area (Å²) >= 11 is 5.59. The van der Waals surface area contributed by atoms with E-state index < -0.39 is 17.7 Å². The van der Waals surface area contributed by atoms with Gasteiger partial charge in [0.05, 0.1) is 12.6 Å². The number of aliphatic hydroxyl groups excluding tert-OH is 1. The van der Waals surface area contributed by atoms with E-state index >= 15 is 0 Å². The molecule has 1 aromatic rings. The molecule has 108 valence electrons. The highest BCUT2D eigenvalue weighted by atomic mass is 35.5. The minimum Gasteiger partial charge on any atom is -0.394 e. The van der Waals surface area contributed by atoms with Gasteiger partial charge in [-0.05, 0) is 12.1 Å². The van der Waals surface area contributed by atoms with Gasteiger partial charge >= 0.3 is 0 Å². The topological polar surface area (TPSA) is 35.5 Å². The molecule has 1 heterocycles. The average Bonchev–Trinajstić information content (AvgIpc) is 2.34. The van der Waals surface area contributed by atoms with E-state index in [1.165, 1.54) is 0 Å². The normalized spacial score (nSPS) is 17.9. The Hall–Kier alpha value is -0.460. The number of hydrogen-bond acceptors (Lipinski definition) is 3. The lowest BCUT2D eigenvalue weighted by Crippen LogP contribution is -2.46. The molecule has 0 radical (unpaired) electrons. The van der Waals surface area contributed by atoms with E-state index in [4.69, 9.17) is 11.6 Å². The van der Waals surface area contributed by atoms with Crippen LogP contribution in [0.5, 0.6) is 0 Å². The third kappa shape index (κ3) is 3.77. The molecular formula is C12H16Cl2F2N2O. The van der Waals surface area contributed by atoms with Crippen LogP contribution in [0.3, 0.4) is 0 Å². The van der Waals surface area contributed by atoms with Gasteiger partial charge in [-0.15, -0.1) is 12.4 Å².